The highest BCUT2D eigenvalue weighted by Crippen LogP contribution is 2.49. The summed E-state index contributed by atoms with van der Waals surface area (Å²) in [6.07, 6.45) is 0. The molecule has 7 heteroatoms. The lowest BCUT2D eigenvalue weighted by molar-refractivity contribution is 0.143. The highest BCUT2D eigenvalue weighted by molar-refractivity contribution is 7.73. The van der Waals surface area contributed by atoms with Crippen LogP contribution >= 0.6 is 23.6 Å². The van der Waals surface area contributed by atoms with Gasteiger partial charge in [-0.25, -0.2) is 0 Å². The molecule has 1 aromatic carbocycles. The van der Waals surface area contributed by atoms with E-state index >= 15 is 0 Å². The molecular formula is C20H30N2O3S2. The summed E-state index contributed by atoms with van der Waals surface area (Å²) in [5, 5.41) is 8.08. The third-order valence-electron chi connectivity index (χ3n) is 4.20. The summed E-state index contributed by atoms with van der Waals surface area (Å²) in [5.74, 6) is 1.65. The number of aromatic nitrogens is 2. The van der Waals surface area contributed by atoms with Crippen LogP contribution in [0.1, 0.15) is 52.7 Å². The number of hydrogen-bond donors (Lipinski definition) is 1. The Balaban J connectivity index is 2.87. The number of hydrogen-bond acceptors (Lipinski definition) is 6. The largest absolute Gasteiger partial charge is 0.496 e. The molecule has 150 valence electrons. The summed E-state index contributed by atoms with van der Waals surface area (Å²) in [7, 11) is 3.36. The van der Waals surface area contributed by atoms with Gasteiger partial charge in [-0.3, -0.25) is 5.10 Å². The van der Waals surface area contributed by atoms with Crippen molar-refractivity contribution in [3.05, 3.63) is 21.1 Å². The molecule has 1 aromatic heterocycles. The van der Waals surface area contributed by atoms with Crippen molar-refractivity contribution < 1.29 is 14.2 Å². The van der Waals surface area contributed by atoms with Crippen LogP contribution < -0.4 is 9.47 Å². The molecule has 0 bridgehead atoms. The zero-order valence-corrected chi connectivity index (χ0v) is 19.1. The molecular weight excluding hydrogens is 380 g/mol. The van der Waals surface area contributed by atoms with E-state index in [4.69, 9.17) is 26.4 Å². The van der Waals surface area contributed by atoms with Crippen molar-refractivity contribution in [2.75, 3.05) is 27.4 Å². The first-order chi connectivity index (χ1) is 12.5. The van der Waals surface area contributed by atoms with Crippen LogP contribution in [0.5, 0.6) is 11.5 Å². The lowest BCUT2D eigenvalue weighted by Crippen LogP contribution is -2.22. The summed E-state index contributed by atoms with van der Waals surface area (Å²) in [6, 6.07) is 2.12. The average Bonchev–Trinajstić information content (AvgIpc) is 2.98. The van der Waals surface area contributed by atoms with Crippen LogP contribution in [0, 0.1) is 3.95 Å². The van der Waals surface area contributed by atoms with E-state index in [0.29, 0.717) is 17.2 Å². The third-order valence-corrected chi connectivity index (χ3v) is 5.32. The molecule has 0 saturated carbocycles. The van der Waals surface area contributed by atoms with E-state index in [1.165, 1.54) is 11.3 Å². The van der Waals surface area contributed by atoms with Crippen LogP contribution in [0.15, 0.2) is 6.07 Å². The zero-order valence-electron chi connectivity index (χ0n) is 17.5. The second kappa shape index (κ2) is 8.29. The van der Waals surface area contributed by atoms with E-state index in [9.17, 15) is 0 Å². The topological polar surface area (TPSA) is 56.4 Å². The molecule has 0 aliphatic rings. The highest BCUT2D eigenvalue weighted by atomic mass is 32.1. The van der Waals surface area contributed by atoms with Crippen molar-refractivity contribution in [2.45, 2.75) is 52.4 Å². The Labute approximate surface area is 171 Å². The van der Waals surface area contributed by atoms with Crippen molar-refractivity contribution in [2.24, 2.45) is 0 Å². The molecule has 0 radical (unpaired) electrons. The van der Waals surface area contributed by atoms with Gasteiger partial charge in [-0.15, -0.1) is 0 Å². The Hall–Kier alpha value is -1.44. The monoisotopic (exact) mass is 410 g/mol. The quantitative estimate of drug-likeness (QED) is 0.504. The molecule has 1 heterocycles. The first-order valence-electron chi connectivity index (χ1n) is 8.94. The molecule has 0 unspecified atom stereocenters. The maximum atomic E-state index is 6.25. The van der Waals surface area contributed by atoms with Crippen molar-refractivity contribution in [3.8, 4) is 22.1 Å². The lowest BCUT2D eigenvalue weighted by Gasteiger charge is -2.32. The fourth-order valence-electron chi connectivity index (χ4n) is 2.98. The SMILES string of the molecule is COCCOc1c(C(C)(C)C)cc(-c2n[nH]c(=S)s2)c(OC)c1C(C)(C)C. The molecule has 0 atom stereocenters. The smallest absolute Gasteiger partial charge is 0.176 e. The van der Waals surface area contributed by atoms with Crippen LogP contribution in [-0.4, -0.2) is 37.6 Å². The second-order valence-electron chi connectivity index (χ2n) is 8.47. The van der Waals surface area contributed by atoms with Crippen LogP contribution in [0.25, 0.3) is 10.6 Å². The second-order valence-corrected chi connectivity index (χ2v) is 10.1. The minimum Gasteiger partial charge on any atom is -0.496 e. The molecule has 0 saturated heterocycles. The molecule has 0 aliphatic carbocycles. The normalized spacial score (nSPS) is 12.3. The van der Waals surface area contributed by atoms with Crippen molar-refractivity contribution in [1.29, 1.82) is 0 Å². The first-order valence-corrected chi connectivity index (χ1v) is 10.2. The first kappa shape index (κ1) is 21.9. The number of nitrogens with zero attached hydrogens (tertiary/aromatic N) is 1. The summed E-state index contributed by atoms with van der Waals surface area (Å²) in [5.41, 5.74) is 2.76. The summed E-state index contributed by atoms with van der Waals surface area (Å²) in [6.45, 7) is 14.0. The van der Waals surface area contributed by atoms with Crippen LogP contribution in [0.4, 0.5) is 0 Å². The van der Waals surface area contributed by atoms with Crippen LogP contribution in [0.2, 0.25) is 0 Å². The van der Waals surface area contributed by atoms with Crippen molar-refractivity contribution in [1.82, 2.24) is 10.2 Å². The minimum absolute atomic E-state index is 0.124. The number of nitrogens with one attached hydrogen (secondary N) is 1. The lowest BCUT2D eigenvalue weighted by atomic mass is 9.77. The molecule has 2 rings (SSSR count). The summed E-state index contributed by atoms with van der Waals surface area (Å²) < 4.78 is 18.0. The van der Waals surface area contributed by atoms with Crippen LogP contribution in [0.3, 0.4) is 0 Å². The fourth-order valence-corrected chi connectivity index (χ4v) is 3.88. The Morgan fingerprint density at radius 1 is 1.04 bits per heavy atom. The Morgan fingerprint density at radius 3 is 2.15 bits per heavy atom. The van der Waals surface area contributed by atoms with Gasteiger partial charge in [-0.05, 0) is 29.1 Å². The van der Waals surface area contributed by atoms with Crippen LogP contribution in [-0.2, 0) is 15.6 Å². The Morgan fingerprint density at radius 2 is 1.70 bits per heavy atom. The van der Waals surface area contributed by atoms with Crippen molar-refractivity contribution in [3.63, 3.8) is 0 Å². The molecule has 5 nitrogen and oxygen atoms in total. The predicted molar refractivity (Wildman–Crippen MR) is 114 cm³/mol. The Bertz CT molecular complexity index is 842. The van der Waals surface area contributed by atoms with Crippen molar-refractivity contribution >= 4 is 23.6 Å². The number of ether oxygens (including phenoxy) is 3. The molecule has 2 aromatic rings. The van der Waals surface area contributed by atoms with Gasteiger partial charge in [0.2, 0.25) is 0 Å². The number of methoxy groups -OCH3 is 2. The van der Waals surface area contributed by atoms with Gasteiger partial charge in [-0.2, -0.15) is 5.10 Å². The van der Waals surface area contributed by atoms with E-state index < -0.39 is 0 Å². The molecule has 27 heavy (non-hydrogen) atoms. The molecule has 0 spiro atoms. The molecule has 0 fully saturated rings. The molecule has 0 aliphatic heterocycles. The number of benzene rings is 1. The standard InChI is InChI=1S/C20H30N2O3S2/c1-19(2,3)13-11-12(17-21-22-18(26)27-17)15(24-8)14(20(4,5)6)16(13)25-10-9-23-7/h11H,9-10H2,1-8H3,(H,22,26). The summed E-state index contributed by atoms with van der Waals surface area (Å²) in [4.78, 5) is 0. The zero-order chi connectivity index (χ0) is 20.4. The predicted octanol–water partition coefficient (Wildman–Crippen LogP) is 5.50. The fraction of sp³-hybridized carbons (Fsp3) is 0.600. The van der Waals surface area contributed by atoms with Gasteiger partial charge in [0.05, 0.1) is 19.3 Å². The van der Waals surface area contributed by atoms with Gasteiger partial charge < -0.3 is 14.2 Å². The molecule has 0 amide bonds. The van der Waals surface area contributed by atoms with E-state index in [1.54, 1.807) is 14.2 Å². The van der Waals surface area contributed by atoms with E-state index in [1.807, 2.05) is 0 Å². The van der Waals surface area contributed by atoms with E-state index in [0.717, 1.165) is 33.2 Å². The van der Waals surface area contributed by atoms with Gasteiger partial charge in [0.25, 0.3) is 0 Å². The number of H-pyrrole nitrogens is 1. The maximum absolute atomic E-state index is 6.25. The van der Waals surface area contributed by atoms with Gasteiger partial charge >= 0.3 is 0 Å². The minimum atomic E-state index is -0.193. The summed E-state index contributed by atoms with van der Waals surface area (Å²) >= 11 is 6.69. The van der Waals surface area contributed by atoms with Gasteiger partial charge in [-0.1, -0.05) is 52.9 Å². The Kier molecular flexibility index (Phi) is 6.71. The van der Waals surface area contributed by atoms with Gasteiger partial charge in [0, 0.05) is 18.2 Å². The maximum Gasteiger partial charge on any atom is 0.176 e. The number of rotatable bonds is 6. The highest BCUT2D eigenvalue weighted by Gasteiger charge is 2.33. The average molecular weight is 411 g/mol. The van der Waals surface area contributed by atoms with Gasteiger partial charge in [0.1, 0.15) is 23.1 Å². The number of aromatic amines is 1. The van der Waals surface area contributed by atoms with Gasteiger partial charge in [0.15, 0.2) is 3.95 Å². The van der Waals surface area contributed by atoms with E-state index in [-0.39, 0.29) is 10.8 Å². The third kappa shape index (κ3) is 4.89. The van der Waals surface area contributed by atoms with E-state index in [2.05, 4.69) is 57.8 Å². The molecule has 1 N–H and O–H groups in total.